The summed E-state index contributed by atoms with van der Waals surface area (Å²) in [6, 6.07) is 14.1. The lowest BCUT2D eigenvalue weighted by atomic mass is 9.96. The maximum atomic E-state index is 12.7. The van der Waals surface area contributed by atoms with E-state index in [4.69, 9.17) is 9.47 Å². The SMILES string of the molecule is CC(OC(=O)C1CCN(c2ccccc2[N+](=O)[O-])CC1)C(=O)Nc1ccc(N2CCOCC2)cc1. The van der Waals surface area contributed by atoms with Gasteiger partial charge in [0.2, 0.25) is 0 Å². The molecule has 1 atom stereocenters. The molecular formula is C25H30N4O6. The van der Waals surface area contributed by atoms with Gasteiger partial charge in [0.25, 0.3) is 11.6 Å². The van der Waals surface area contributed by atoms with Gasteiger partial charge < -0.3 is 24.6 Å². The van der Waals surface area contributed by atoms with Crippen molar-refractivity contribution in [3.05, 3.63) is 58.6 Å². The molecule has 0 spiro atoms. The standard InChI is InChI=1S/C25H30N4O6/c1-18(24(30)26-20-6-8-21(9-7-20)27-14-16-34-17-15-27)35-25(31)19-10-12-28(13-11-19)22-4-2-3-5-23(22)29(32)33/h2-9,18-19H,10-17H2,1H3,(H,26,30). The second-order valence-electron chi connectivity index (χ2n) is 8.72. The fourth-order valence-corrected chi connectivity index (χ4v) is 4.39. The zero-order valence-corrected chi connectivity index (χ0v) is 19.7. The van der Waals surface area contributed by atoms with E-state index in [-0.39, 0.29) is 11.6 Å². The van der Waals surface area contributed by atoms with Crippen molar-refractivity contribution in [1.82, 2.24) is 0 Å². The number of carbonyl (C=O) groups excluding carboxylic acids is 2. The Morgan fingerprint density at radius 3 is 2.34 bits per heavy atom. The van der Waals surface area contributed by atoms with Crippen LogP contribution in [-0.4, -0.2) is 62.3 Å². The van der Waals surface area contributed by atoms with Crippen molar-refractivity contribution in [3.63, 3.8) is 0 Å². The highest BCUT2D eigenvalue weighted by molar-refractivity contribution is 5.95. The van der Waals surface area contributed by atoms with Crippen molar-refractivity contribution in [1.29, 1.82) is 0 Å². The number of benzene rings is 2. The molecule has 2 aromatic carbocycles. The molecule has 4 rings (SSSR count). The molecule has 0 aliphatic carbocycles. The van der Waals surface area contributed by atoms with Crippen molar-refractivity contribution in [2.75, 3.05) is 54.5 Å². The van der Waals surface area contributed by atoms with Crippen LogP contribution < -0.4 is 15.1 Å². The second kappa shape index (κ2) is 11.2. The summed E-state index contributed by atoms with van der Waals surface area (Å²) in [5.74, 6) is -1.16. The van der Waals surface area contributed by atoms with Gasteiger partial charge in [-0.25, -0.2) is 0 Å². The zero-order valence-electron chi connectivity index (χ0n) is 19.7. The molecule has 0 bridgehead atoms. The number of nitrogens with zero attached hydrogens (tertiary/aromatic N) is 3. The Morgan fingerprint density at radius 2 is 1.69 bits per heavy atom. The molecule has 10 heteroatoms. The van der Waals surface area contributed by atoms with Crippen molar-refractivity contribution < 1.29 is 24.0 Å². The fraction of sp³-hybridized carbons (Fsp3) is 0.440. The molecule has 2 aliphatic rings. The van der Waals surface area contributed by atoms with Crippen molar-refractivity contribution >= 4 is 34.6 Å². The summed E-state index contributed by atoms with van der Waals surface area (Å²) in [4.78, 5) is 40.3. The van der Waals surface area contributed by atoms with Crippen LogP contribution in [0.4, 0.5) is 22.7 Å². The number of nitrogens with one attached hydrogen (secondary N) is 1. The van der Waals surface area contributed by atoms with Gasteiger partial charge in [-0.1, -0.05) is 12.1 Å². The molecule has 2 fully saturated rings. The van der Waals surface area contributed by atoms with Crippen LogP contribution in [0.15, 0.2) is 48.5 Å². The number of nitro benzene ring substituents is 1. The first kappa shape index (κ1) is 24.5. The van der Waals surface area contributed by atoms with Crippen LogP contribution in [0.1, 0.15) is 19.8 Å². The predicted molar refractivity (Wildman–Crippen MR) is 132 cm³/mol. The van der Waals surface area contributed by atoms with Crippen LogP contribution >= 0.6 is 0 Å². The first-order valence-electron chi connectivity index (χ1n) is 11.8. The van der Waals surface area contributed by atoms with E-state index >= 15 is 0 Å². The van der Waals surface area contributed by atoms with E-state index in [1.54, 1.807) is 25.1 Å². The maximum absolute atomic E-state index is 12.7. The summed E-state index contributed by atoms with van der Waals surface area (Å²) < 4.78 is 10.8. The zero-order chi connectivity index (χ0) is 24.8. The monoisotopic (exact) mass is 482 g/mol. The molecule has 186 valence electrons. The summed E-state index contributed by atoms with van der Waals surface area (Å²) in [7, 11) is 0. The van der Waals surface area contributed by atoms with E-state index in [1.807, 2.05) is 29.2 Å². The number of carbonyl (C=O) groups is 2. The third-order valence-electron chi connectivity index (χ3n) is 6.42. The average molecular weight is 483 g/mol. The summed E-state index contributed by atoms with van der Waals surface area (Å²) >= 11 is 0. The Kier molecular flexibility index (Phi) is 7.81. The van der Waals surface area contributed by atoms with Crippen LogP contribution in [0.25, 0.3) is 0 Å². The number of para-hydroxylation sites is 2. The molecule has 0 saturated carbocycles. The normalized spacial score (nSPS) is 17.5. The third-order valence-corrected chi connectivity index (χ3v) is 6.42. The van der Waals surface area contributed by atoms with Gasteiger partial charge in [-0.3, -0.25) is 19.7 Å². The summed E-state index contributed by atoms with van der Waals surface area (Å²) in [5, 5.41) is 14.1. The molecule has 1 N–H and O–H groups in total. The molecule has 10 nitrogen and oxygen atoms in total. The summed E-state index contributed by atoms with van der Waals surface area (Å²) in [6.45, 7) is 5.62. The highest BCUT2D eigenvalue weighted by Crippen LogP contribution is 2.31. The number of amides is 1. The number of morpholine rings is 1. The van der Waals surface area contributed by atoms with Gasteiger partial charge >= 0.3 is 5.97 Å². The van der Waals surface area contributed by atoms with Crippen molar-refractivity contribution in [2.24, 2.45) is 5.92 Å². The molecule has 1 unspecified atom stereocenters. The lowest BCUT2D eigenvalue weighted by Crippen LogP contribution is -2.39. The molecule has 0 radical (unpaired) electrons. The van der Waals surface area contributed by atoms with Gasteiger partial charge in [0.15, 0.2) is 6.10 Å². The van der Waals surface area contributed by atoms with E-state index in [2.05, 4.69) is 10.2 Å². The average Bonchev–Trinajstić information content (AvgIpc) is 2.89. The minimum Gasteiger partial charge on any atom is -0.452 e. The van der Waals surface area contributed by atoms with Gasteiger partial charge in [-0.2, -0.15) is 0 Å². The smallest absolute Gasteiger partial charge is 0.309 e. The number of piperidine rings is 1. The number of hydrogen-bond donors (Lipinski definition) is 1. The number of nitro groups is 1. The predicted octanol–water partition coefficient (Wildman–Crippen LogP) is 3.22. The quantitative estimate of drug-likeness (QED) is 0.364. The van der Waals surface area contributed by atoms with E-state index in [0.29, 0.717) is 50.5 Å². The first-order valence-corrected chi connectivity index (χ1v) is 11.8. The molecule has 2 saturated heterocycles. The van der Waals surface area contributed by atoms with E-state index in [0.717, 1.165) is 18.8 Å². The van der Waals surface area contributed by atoms with Gasteiger partial charge in [0.1, 0.15) is 5.69 Å². The first-order chi connectivity index (χ1) is 16.9. The Labute approximate surface area is 203 Å². The van der Waals surface area contributed by atoms with E-state index < -0.39 is 22.9 Å². The number of rotatable bonds is 7. The Morgan fingerprint density at radius 1 is 1.03 bits per heavy atom. The highest BCUT2D eigenvalue weighted by Gasteiger charge is 2.31. The Hall–Kier alpha value is -3.66. The van der Waals surface area contributed by atoms with Gasteiger partial charge in [0, 0.05) is 43.6 Å². The van der Waals surface area contributed by atoms with Gasteiger partial charge in [-0.15, -0.1) is 0 Å². The lowest BCUT2D eigenvalue weighted by molar-refractivity contribution is -0.384. The van der Waals surface area contributed by atoms with Crippen LogP contribution in [0, 0.1) is 16.0 Å². The maximum Gasteiger partial charge on any atom is 0.309 e. The van der Waals surface area contributed by atoms with E-state index in [1.165, 1.54) is 6.07 Å². The molecule has 2 aromatic rings. The topological polar surface area (TPSA) is 114 Å². The molecular weight excluding hydrogens is 452 g/mol. The molecule has 0 aromatic heterocycles. The summed E-state index contributed by atoms with van der Waals surface area (Å²) in [5.41, 5.74) is 2.30. The minimum absolute atomic E-state index is 0.0526. The lowest BCUT2D eigenvalue weighted by Gasteiger charge is -2.32. The van der Waals surface area contributed by atoms with Crippen molar-refractivity contribution in [3.8, 4) is 0 Å². The highest BCUT2D eigenvalue weighted by atomic mass is 16.6. The summed E-state index contributed by atoms with van der Waals surface area (Å²) in [6.07, 6.45) is 0.0689. The minimum atomic E-state index is -0.935. The van der Waals surface area contributed by atoms with Crippen LogP contribution in [0.3, 0.4) is 0 Å². The number of anilines is 3. The van der Waals surface area contributed by atoms with E-state index in [9.17, 15) is 19.7 Å². The van der Waals surface area contributed by atoms with Crippen LogP contribution in [0.5, 0.6) is 0 Å². The third kappa shape index (κ3) is 6.07. The molecule has 1 amide bonds. The van der Waals surface area contributed by atoms with Crippen molar-refractivity contribution in [2.45, 2.75) is 25.9 Å². The molecule has 2 heterocycles. The Bertz CT molecular complexity index is 1050. The molecule has 2 aliphatic heterocycles. The fourth-order valence-electron chi connectivity index (χ4n) is 4.39. The number of hydrogen-bond acceptors (Lipinski definition) is 8. The van der Waals surface area contributed by atoms with Crippen LogP contribution in [0.2, 0.25) is 0 Å². The van der Waals surface area contributed by atoms with Gasteiger partial charge in [-0.05, 0) is 50.1 Å². The second-order valence-corrected chi connectivity index (χ2v) is 8.72. The molecule has 35 heavy (non-hydrogen) atoms. The Balaban J connectivity index is 1.25. The largest absolute Gasteiger partial charge is 0.452 e. The number of esters is 1. The number of ether oxygens (including phenoxy) is 2. The van der Waals surface area contributed by atoms with Crippen LogP contribution in [-0.2, 0) is 19.1 Å². The van der Waals surface area contributed by atoms with Gasteiger partial charge in [0.05, 0.1) is 24.1 Å².